The summed E-state index contributed by atoms with van der Waals surface area (Å²) in [5.74, 6) is 5.92. The number of hydrogen-bond acceptors (Lipinski definition) is 8. The Hall–Kier alpha value is -4.48. The van der Waals surface area contributed by atoms with E-state index in [4.69, 9.17) is 4.74 Å². The van der Waals surface area contributed by atoms with Gasteiger partial charge in [0.25, 0.3) is 0 Å². The van der Waals surface area contributed by atoms with Gasteiger partial charge in [-0.05, 0) is 64.2 Å². The van der Waals surface area contributed by atoms with Crippen LogP contribution in [0.25, 0.3) is 16.8 Å². The van der Waals surface area contributed by atoms with Crippen LogP contribution >= 0.6 is 0 Å². The van der Waals surface area contributed by atoms with E-state index in [1.807, 2.05) is 28.8 Å². The normalized spacial score (nSPS) is 18.6. The lowest BCUT2D eigenvalue weighted by Crippen LogP contribution is -2.56. The minimum Gasteiger partial charge on any atom is -0.479 e. The van der Waals surface area contributed by atoms with Crippen molar-refractivity contribution in [3.63, 3.8) is 0 Å². The first kappa shape index (κ1) is 25.8. The Balaban J connectivity index is 1.38. The van der Waals surface area contributed by atoms with Crippen LogP contribution in [0.4, 0.5) is 4.39 Å². The number of rotatable bonds is 6. The van der Waals surface area contributed by atoms with Gasteiger partial charge >= 0.3 is 0 Å². The van der Waals surface area contributed by atoms with E-state index in [0.717, 1.165) is 49.6 Å². The first-order chi connectivity index (χ1) is 19.5. The van der Waals surface area contributed by atoms with Crippen LogP contribution in [0.1, 0.15) is 68.1 Å². The minimum absolute atomic E-state index is 0.0599. The van der Waals surface area contributed by atoms with Crippen molar-refractivity contribution in [2.45, 2.75) is 63.6 Å². The SMILES string of the molecule is CC#Cc1cnn2cc(-c3nnn(C4CCN(C#N)C5(CCC5)C4)c3C)cc(O[C@H](CO)c3ccc(F)cn3)c12. The van der Waals surface area contributed by atoms with Crippen molar-refractivity contribution >= 4 is 5.52 Å². The fraction of sp³-hybridized carbons (Fsp3) is 0.414. The molecule has 2 atom stereocenters. The molecule has 40 heavy (non-hydrogen) atoms. The van der Waals surface area contributed by atoms with E-state index in [9.17, 15) is 14.8 Å². The van der Waals surface area contributed by atoms with Crippen LogP contribution < -0.4 is 4.74 Å². The summed E-state index contributed by atoms with van der Waals surface area (Å²) in [6.45, 7) is 4.10. The largest absolute Gasteiger partial charge is 0.479 e. The van der Waals surface area contributed by atoms with E-state index >= 15 is 0 Å². The second-order valence-corrected chi connectivity index (χ2v) is 10.5. The van der Waals surface area contributed by atoms with Gasteiger partial charge in [0, 0.05) is 18.3 Å². The Bertz CT molecular complexity index is 1660. The Kier molecular flexibility index (Phi) is 6.60. The molecule has 0 bridgehead atoms. The highest BCUT2D eigenvalue weighted by Crippen LogP contribution is 2.47. The molecule has 10 nitrogen and oxygen atoms in total. The van der Waals surface area contributed by atoms with Gasteiger partial charge in [0.1, 0.15) is 22.8 Å². The van der Waals surface area contributed by atoms with Gasteiger partial charge in [-0.3, -0.25) is 4.98 Å². The lowest BCUT2D eigenvalue weighted by atomic mass is 9.69. The summed E-state index contributed by atoms with van der Waals surface area (Å²) < 4.78 is 23.4. The molecule has 2 aliphatic rings. The highest BCUT2D eigenvalue weighted by Gasteiger charge is 2.47. The predicted molar refractivity (Wildman–Crippen MR) is 143 cm³/mol. The third-order valence-corrected chi connectivity index (χ3v) is 8.18. The number of nitriles is 1. The van der Waals surface area contributed by atoms with Crippen molar-refractivity contribution in [3.05, 3.63) is 59.6 Å². The number of halogens is 1. The number of fused-ring (bicyclic) bond motifs is 1. The van der Waals surface area contributed by atoms with Crippen LogP contribution in [0.3, 0.4) is 0 Å². The Morgan fingerprint density at radius 2 is 2.15 bits per heavy atom. The molecule has 2 fully saturated rings. The van der Waals surface area contributed by atoms with E-state index in [1.165, 1.54) is 12.1 Å². The van der Waals surface area contributed by atoms with Crippen LogP contribution in [0.5, 0.6) is 5.75 Å². The van der Waals surface area contributed by atoms with Crippen LogP contribution in [-0.2, 0) is 0 Å². The summed E-state index contributed by atoms with van der Waals surface area (Å²) >= 11 is 0. The lowest BCUT2D eigenvalue weighted by molar-refractivity contribution is 0.00270. The van der Waals surface area contributed by atoms with Crippen molar-refractivity contribution in [3.8, 4) is 35.0 Å². The van der Waals surface area contributed by atoms with E-state index in [-0.39, 0.29) is 18.2 Å². The molecule has 5 heterocycles. The van der Waals surface area contributed by atoms with Gasteiger partial charge in [0.2, 0.25) is 0 Å². The van der Waals surface area contributed by atoms with Crippen molar-refractivity contribution in [2.75, 3.05) is 13.2 Å². The molecular formula is C29H29FN8O2. The van der Waals surface area contributed by atoms with Crippen molar-refractivity contribution in [1.82, 2.24) is 34.5 Å². The molecule has 11 heteroatoms. The van der Waals surface area contributed by atoms with Gasteiger partial charge in [0.05, 0.1) is 47.5 Å². The molecule has 6 rings (SSSR count). The summed E-state index contributed by atoms with van der Waals surface area (Å²) in [5, 5.41) is 33.4. The highest BCUT2D eigenvalue weighted by atomic mass is 19.1. The van der Waals surface area contributed by atoms with Crippen LogP contribution in [-0.4, -0.2) is 58.3 Å². The Morgan fingerprint density at radius 1 is 1.30 bits per heavy atom. The van der Waals surface area contributed by atoms with Gasteiger partial charge in [-0.15, -0.1) is 11.0 Å². The molecule has 204 valence electrons. The number of aromatic nitrogens is 6. The number of aliphatic hydroxyl groups is 1. The maximum atomic E-state index is 13.5. The molecular weight excluding hydrogens is 511 g/mol. The second-order valence-electron chi connectivity index (χ2n) is 10.5. The fourth-order valence-corrected chi connectivity index (χ4v) is 6.00. The molecule has 1 aliphatic heterocycles. The molecule has 1 spiro atoms. The van der Waals surface area contributed by atoms with Gasteiger partial charge in [-0.1, -0.05) is 11.1 Å². The zero-order valence-electron chi connectivity index (χ0n) is 22.4. The number of nitrogens with zero attached hydrogens (tertiary/aromatic N) is 8. The van der Waals surface area contributed by atoms with Gasteiger partial charge < -0.3 is 14.7 Å². The maximum absolute atomic E-state index is 13.5. The number of hydrogen-bond donors (Lipinski definition) is 1. The zero-order chi connectivity index (χ0) is 27.9. The number of ether oxygens (including phenoxy) is 1. The lowest BCUT2D eigenvalue weighted by Gasteiger charge is -2.52. The molecule has 4 aromatic rings. The molecule has 4 aromatic heterocycles. The Labute approximate surface area is 231 Å². The third kappa shape index (κ3) is 4.33. The average Bonchev–Trinajstić information content (AvgIpc) is 3.54. The molecule has 1 unspecified atom stereocenters. The number of aliphatic hydroxyl groups excluding tert-OH is 1. The number of likely N-dealkylation sites (tertiary alicyclic amines) is 1. The number of pyridine rings is 2. The standard InChI is InChI=1S/C29H29FN8O2/c1-3-5-20-14-33-37-16-21(12-25(28(20)37)40-26(17-39)24-7-6-22(30)15-32-24)27-19(2)38(35-34-27)23-8-11-36(18-31)29(13-23)9-4-10-29/h6-7,12,14-16,23,26,39H,4,8-11,13,17H2,1-2H3/t23?,26-/m1/s1. The first-order valence-corrected chi connectivity index (χ1v) is 13.4. The summed E-state index contributed by atoms with van der Waals surface area (Å²) in [5.41, 5.74) is 3.98. The summed E-state index contributed by atoms with van der Waals surface area (Å²) in [6.07, 6.45) is 11.1. The van der Waals surface area contributed by atoms with Crippen LogP contribution in [0, 0.1) is 36.0 Å². The topological polar surface area (TPSA) is 117 Å². The number of piperidine rings is 1. The molecule has 0 aromatic carbocycles. The van der Waals surface area contributed by atoms with Crippen molar-refractivity contribution in [2.24, 2.45) is 0 Å². The highest BCUT2D eigenvalue weighted by molar-refractivity contribution is 5.75. The summed E-state index contributed by atoms with van der Waals surface area (Å²) in [4.78, 5) is 6.06. The van der Waals surface area contributed by atoms with Gasteiger partial charge in [-0.2, -0.15) is 10.4 Å². The van der Waals surface area contributed by atoms with Crippen molar-refractivity contribution in [1.29, 1.82) is 5.26 Å². The fourth-order valence-electron chi connectivity index (χ4n) is 6.00. The average molecular weight is 541 g/mol. The van der Waals surface area contributed by atoms with Crippen LogP contribution in [0.2, 0.25) is 0 Å². The zero-order valence-corrected chi connectivity index (χ0v) is 22.4. The van der Waals surface area contributed by atoms with Gasteiger partial charge in [0.15, 0.2) is 12.3 Å². The van der Waals surface area contributed by atoms with E-state index < -0.39 is 11.9 Å². The van der Waals surface area contributed by atoms with Crippen LogP contribution in [0.15, 0.2) is 36.8 Å². The second kappa shape index (κ2) is 10.2. The predicted octanol–water partition coefficient (Wildman–Crippen LogP) is 3.96. The van der Waals surface area contributed by atoms with Gasteiger partial charge in [-0.25, -0.2) is 13.6 Å². The molecule has 1 saturated carbocycles. The smallest absolute Gasteiger partial charge is 0.179 e. The third-order valence-electron chi connectivity index (χ3n) is 8.18. The maximum Gasteiger partial charge on any atom is 0.179 e. The molecule has 1 aliphatic carbocycles. The monoisotopic (exact) mass is 540 g/mol. The van der Waals surface area contributed by atoms with E-state index in [2.05, 4.69) is 38.4 Å². The quantitative estimate of drug-likeness (QED) is 0.289. The Morgan fingerprint density at radius 3 is 2.83 bits per heavy atom. The first-order valence-electron chi connectivity index (χ1n) is 13.4. The summed E-state index contributed by atoms with van der Waals surface area (Å²) in [6, 6.07) is 4.77. The van der Waals surface area contributed by atoms with E-state index in [0.29, 0.717) is 34.8 Å². The molecule has 1 saturated heterocycles. The molecule has 0 amide bonds. The minimum atomic E-state index is -0.835. The van der Waals surface area contributed by atoms with Crippen molar-refractivity contribution < 1.29 is 14.2 Å². The summed E-state index contributed by atoms with van der Waals surface area (Å²) in [7, 11) is 0. The molecule has 0 radical (unpaired) electrons. The van der Waals surface area contributed by atoms with E-state index in [1.54, 1.807) is 17.6 Å². The molecule has 1 N–H and O–H groups in total.